The fraction of sp³-hybridized carbons (Fsp3) is 0.304. The number of hydrogen-bond acceptors (Lipinski definition) is 7. The highest BCUT2D eigenvalue weighted by Crippen LogP contribution is 2.32. The fourth-order valence-corrected chi connectivity index (χ4v) is 3.62. The van der Waals surface area contributed by atoms with Gasteiger partial charge < -0.3 is 24.1 Å². The summed E-state index contributed by atoms with van der Waals surface area (Å²) in [7, 11) is 0. The third kappa shape index (κ3) is 5.61. The molecule has 168 valence electrons. The van der Waals surface area contributed by atoms with Gasteiger partial charge in [-0.05, 0) is 55.3 Å². The van der Waals surface area contributed by atoms with Crippen LogP contribution in [0.4, 0.5) is 0 Å². The predicted octanol–water partition coefficient (Wildman–Crippen LogP) is 5.06. The van der Waals surface area contributed by atoms with Crippen molar-refractivity contribution >= 4 is 34.2 Å². The zero-order valence-corrected chi connectivity index (χ0v) is 19.0. The van der Waals surface area contributed by atoms with Gasteiger partial charge in [0.25, 0.3) is 0 Å². The molecule has 4 aromatic rings. The van der Waals surface area contributed by atoms with Gasteiger partial charge in [0.2, 0.25) is 11.7 Å². The Labute approximate surface area is 195 Å². The van der Waals surface area contributed by atoms with Gasteiger partial charge in [-0.1, -0.05) is 40.5 Å². The van der Waals surface area contributed by atoms with Crippen LogP contribution in [-0.4, -0.2) is 41.0 Å². The summed E-state index contributed by atoms with van der Waals surface area (Å²) in [5.74, 6) is 1.97. The molecule has 0 amide bonds. The first kappa shape index (κ1) is 22.6. The number of halogens is 2. The number of benzene rings is 2. The van der Waals surface area contributed by atoms with Crippen molar-refractivity contribution in [1.29, 1.82) is 0 Å². The molecule has 0 saturated heterocycles. The largest absolute Gasteiger partial charge is 0.490 e. The lowest BCUT2D eigenvalue weighted by Gasteiger charge is -2.14. The van der Waals surface area contributed by atoms with Crippen LogP contribution in [0.3, 0.4) is 0 Å². The van der Waals surface area contributed by atoms with Gasteiger partial charge in [0.15, 0.2) is 5.76 Å². The Balaban J connectivity index is 1.24. The van der Waals surface area contributed by atoms with Gasteiger partial charge in [-0.25, -0.2) is 0 Å². The highest BCUT2D eigenvalue weighted by molar-refractivity contribution is 6.42. The number of aliphatic hydroxyl groups excluding tert-OH is 1. The molecule has 2 aromatic heterocycles. The zero-order valence-electron chi connectivity index (χ0n) is 17.5. The third-order valence-electron chi connectivity index (χ3n) is 4.88. The SMILES string of the molecule is Cc1nc(-c2cc3c(OC[C@@H](O)CNCCCc4ccc(Cl)c(Cl)c4)cccc3o2)no1. The highest BCUT2D eigenvalue weighted by atomic mass is 35.5. The number of aryl methyl sites for hydroxylation is 2. The van der Waals surface area contributed by atoms with Crippen molar-refractivity contribution in [3.8, 4) is 17.3 Å². The van der Waals surface area contributed by atoms with Crippen molar-refractivity contribution in [3.05, 3.63) is 64.0 Å². The van der Waals surface area contributed by atoms with Crippen molar-refractivity contribution in [3.63, 3.8) is 0 Å². The molecule has 0 aliphatic rings. The lowest BCUT2D eigenvalue weighted by molar-refractivity contribution is 0.107. The second-order valence-electron chi connectivity index (χ2n) is 7.44. The minimum absolute atomic E-state index is 0.154. The van der Waals surface area contributed by atoms with Gasteiger partial charge in [0, 0.05) is 13.5 Å². The summed E-state index contributed by atoms with van der Waals surface area (Å²) < 4.78 is 16.7. The molecule has 2 N–H and O–H groups in total. The fourth-order valence-electron chi connectivity index (χ4n) is 3.30. The van der Waals surface area contributed by atoms with Crippen LogP contribution in [0.25, 0.3) is 22.6 Å². The smallest absolute Gasteiger partial charge is 0.238 e. The highest BCUT2D eigenvalue weighted by Gasteiger charge is 2.15. The van der Waals surface area contributed by atoms with Crippen LogP contribution >= 0.6 is 23.2 Å². The number of ether oxygens (including phenoxy) is 1. The topological polar surface area (TPSA) is 93.6 Å². The lowest BCUT2D eigenvalue weighted by Crippen LogP contribution is -2.32. The predicted molar refractivity (Wildman–Crippen MR) is 123 cm³/mol. The number of hydrogen-bond donors (Lipinski definition) is 2. The Morgan fingerprint density at radius 3 is 2.81 bits per heavy atom. The molecule has 2 heterocycles. The Bertz CT molecular complexity index is 1190. The van der Waals surface area contributed by atoms with Crippen LogP contribution in [-0.2, 0) is 6.42 Å². The van der Waals surface area contributed by atoms with E-state index in [4.69, 9.17) is 36.9 Å². The average Bonchev–Trinajstić information content (AvgIpc) is 3.40. The molecule has 0 spiro atoms. The monoisotopic (exact) mass is 475 g/mol. The van der Waals surface area contributed by atoms with E-state index in [1.165, 1.54) is 0 Å². The summed E-state index contributed by atoms with van der Waals surface area (Å²) in [5, 5.41) is 19.3. The first-order chi connectivity index (χ1) is 15.5. The Hall–Kier alpha value is -2.58. The first-order valence-electron chi connectivity index (χ1n) is 10.3. The number of rotatable bonds is 10. The van der Waals surface area contributed by atoms with E-state index in [-0.39, 0.29) is 6.61 Å². The number of fused-ring (bicyclic) bond motifs is 1. The number of nitrogens with zero attached hydrogens (tertiary/aromatic N) is 2. The molecule has 9 heteroatoms. The maximum atomic E-state index is 10.3. The Kier molecular flexibility index (Phi) is 7.32. The van der Waals surface area contributed by atoms with E-state index in [1.807, 2.05) is 36.4 Å². The number of nitrogens with one attached hydrogen (secondary N) is 1. The first-order valence-corrected chi connectivity index (χ1v) is 11.0. The van der Waals surface area contributed by atoms with Gasteiger partial charge in [0.05, 0.1) is 15.4 Å². The minimum Gasteiger partial charge on any atom is -0.490 e. The maximum Gasteiger partial charge on any atom is 0.238 e. The van der Waals surface area contributed by atoms with Gasteiger partial charge in [0.1, 0.15) is 24.0 Å². The molecule has 4 rings (SSSR count). The molecule has 0 bridgehead atoms. The molecule has 0 unspecified atom stereocenters. The third-order valence-corrected chi connectivity index (χ3v) is 5.62. The second-order valence-corrected chi connectivity index (χ2v) is 8.25. The van der Waals surface area contributed by atoms with Crippen molar-refractivity contribution < 1.29 is 18.8 Å². The van der Waals surface area contributed by atoms with Gasteiger partial charge in [-0.15, -0.1) is 0 Å². The van der Waals surface area contributed by atoms with E-state index in [0.717, 1.165) is 30.3 Å². The summed E-state index contributed by atoms with van der Waals surface area (Å²) >= 11 is 12.0. The van der Waals surface area contributed by atoms with E-state index in [1.54, 1.807) is 13.0 Å². The van der Waals surface area contributed by atoms with Crippen LogP contribution in [0, 0.1) is 6.92 Å². The molecule has 1 atom stereocenters. The normalized spacial score (nSPS) is 12.4. The molecular formula is C23H23Cl2N3O4. The summed E-state index contributed by atoms with van der Waals surface area (Å²) in [5.41, 5.74) is 1.78. The van der Waals surface area contributed by atoms with E-state index in [9.17, 15) is 5.11 Å². The summed E-state index contributed by atoms with van der Waals surface area (Å²) in [6, 6.07) is 13.0. The van der Waals surface area contributed by atoms with Crippen LogP contribution in [0.5, 0.6) is 5.75 Å². The number of aliphatic hydroxyl groups is 1. The van der Waals surface area contributed by atoms with Gasteiger partial charge in [-0.3, -0.25) is 0 Å². The quantitative estimate of drug-likeness (QED) is 0.309. The van der Waals surface area contributed by atoms with Crippen molar-refractivity contribution in [2.75, 3.05) is 19.7 Å². The average molecular weight is 476 g/mol. The summed E-state index contributed by atoms with van der Waals surface area (Å²) in [6.07, 6.45) is 1.14. The Morgan fingerprint density at radius 2 is 2.03 bits per heavy atom. The second kappa shape index (κ2) is 10.4. The minimum atomic E-state index is -0.651. The number of furan rings is 1. The van der Waals surface area contributed by atoms with Crippen LogP contribution in [0.2, 0.25) is 10.0 Å². The zero-order chi connectivity index (χ0) is 22.5. The standard InChI is InChI=1S/C23H23Cl2N3O4/c1-14-27-23(28-32-14)22-11-17-20(5-2-6-21(17)31-22)30-13-16(29)12-26-9-3-4-15-7-8-18(24)19(25)10-15/h2,5-8,10-11,16,26,29H,3-4,9,12-13H2,1H3/t16-/m0/s1. The lowest BCUT2D eigenvalue weighted by atomic mass is 10.1. The van der Waals surface area contributed by atoms with E-state index in [2.05, 4.69) is 15.5 Å². The van der Waals surface area contributed by atoms with E-state index < -0.39 is 6.10 Å². The van der Waals surface area contributed by atoms with Crippen molar-refractivity contribution in [2.24, 2.45) is 0 Å². The maximum absolute atomic E-state index is 10.3. The molecule has 0 saturated carbocycles. The molecule has 32 heavy (non-hydrogen) atoms. The van der Waals surface area contributed by atoms with E-state index >= 15 is 0 Å². The molecule has 0 aliphatic heterocycles. The summed E-state index contributed by atoms with van der Waals surface area (Å²) in [4.78, 5) is 4.18. The van der Waals surface area contributed by atoms with E-state index in [0.29, 0.717) is 45.4 Å². The number of aromatic nitrogens is 2. The molecular weight excluding hydrogens is 453 g/mol. The van der Waals surface area contributed by atoms with Crippen molar-refractivity contribution in [1.82, 2.24) is 15.5 Å². The molecule has 0 fully saturated rings. The Morgan fingerprint density at radius 1 is 1.16 bits per heavy atom. The van der Waals surface area contributed by atoms with Gasteiger partial charge in [-0.2, -0.15) is 4.98 Å². The van der Waals surface area contributed by atoms with Gasteiger partial charge >= 0.3 is 0 Å². The van der Waals surface area contributed by atoms with Crippen LogP contribution in [0.15, 0.2) is 51.4 Å². The molecule has 7 nitrogen and oxygen atoms in total. The molecule has 2 aromatic carbocycles. The molecule has 0 aliphatic carbocycles. The van der Waals surface area contributed by atoms with Crippen LogP contribution in [0.1, 0.15) is 17.9 Å². The van der Waals surface area contributed by atoms with Crippen LogP contribution < -0.4 is 10.1 Å². The summed E-state index contributed by atoms with van der Waals surface area (Å²) in [6.45, 7) is 3.06. The van der Waals surface area contributed by atoms with Crippen molar-refractivity contribution in [2.45, 2.75) is 25.9 Å². The molecule has 0 radical (unpaired) electrons.